The molecule has 1 atom stereocenters. The van der Waals surface area contributed by atoms with E-state index < -0.39 is 0 Å². The highest BCUT2D eigenvalue weighted by atomic mass is 16.5. The van der Waals surface area contributed by atoms with Crippen LogP contribution in [0.5, 0.6) is 17.2 Å². The van der Waals surface area contributed by atoms with E-state index in [2.05, 4.69) is 0 Å². The number of phenols is 1. The SMILES string of the molecule is COc1ccc(C(CN)Cc2cccc(O)c2)c(OC)c1. The minimum absolute atomic E-state index is 0.118. The number of rotatable bonds is 6. The first-order valence-corrected chi connectivity index (χ1v) is 6.87. The predicted octanol–water partition coefficient (Wildman–Crippen LogP) is 2.69. The third-order valence-corrected chi connectivity index (χ3v) is 3.56. The smallest absolute Gasteiger partial charge is 0.126 e. The van der Waals surface area contributed by atoms with Gasteiger partial charge in [-0.05, 0) is 42.3 Å². The third kappa shape index (κ3) is 3.67. The molecule has 0 aliphatic rings. The summed E-state index contributed by atoms with van der Waals surface area (Å²) in [6, 6.07) is 13.0. The number of ether oxygens (including phenoxy) is 2. The highest BCUT2D eigenvalue weighted by Crippen LogP contribution is 2.32. The van der Waals surface area contributed by atoms with E-state index in [1.54, 1.807) is 26.4 Å². The van der Waals surface area contributed by atoms with E-state index in [1.165, 1.54) is 0 Å². The average molecular weight is 287 g/mol. The number of methoxy groups -OCH3 is 2. The van der Waals surface area contributed by atoms with Crippen LogP contribution in [0.3, 0.4) is 0 Å². The van der Waals surface area contributed by atoms with Crippen LogP contribution < -0.4 is 15.2 Å². The van der Waals surface area contributed by atoms with E-state index in [0.717, 1.165) is 29.0 Å². The van der Waals surface area contributed by atoms with Crippen molar-refractivity contribution < 1.29 is 14.6 Å². The van der Waals surface area contributed by atoms with Crippen molar-refractivity contribution in [1.29, 1.82) is 0 Å². The summed E-state index contributed by atoms with van der Waals surface area (Å²) in [5, 5.41) is 9.57. The Kier molecular flexibility index (Phi) is 5.06. The number of hydrogen-bond acceptors (Lipinski definition) is 4. The van der Waals surface area contributed by atoms with E-state index in [-0.39, 0.29) is 11.7 Å². The van der Waals surface area contributed by atoms with Crippen LogP contribution in [-0.2, 0) is 6.42 Å². The van der Waals surface area contributed by atoms with Crippen LogP contribution in [0.2, 0.25) is 0 Å². The van der Waals surface area contributed by atoms with Crippen molar-refractivity contribution >= 4 is 0 Å². The Bertz CT molecular complexity index is 598. The highest BCUT2D eigenvalue weighted by molar-refractivity contribution is 5.43. The Morgan fingerprint density at radius 2 is 1.90 bits per heavy atom. The fraction of sp³-hybridized carbons (Fsp3) is 0.294. The van der Waals surface area contributed by atoms with Crippen LogP contribution >= 0.6 is 0 Å². The van der Waals surface area contributed by atoms with Crippen LogP contribution in [-0.4, -0.2) is 25.9 Å². The average Bonchev–Trinajstić information content (AvgIpc) is 2.52. The van der Waals surface area contributed by atoms with E-state index in [4.69, 9.17) is 15.2 Å². The van der Waals surface area contributed by atoms with Gasteiger partial charge in [0.25, 0.3) is 0 Å². The zero-order valence-corrected chi connectivity index (χ0v) is 12.4. The van der Waals surface area contributed by atoms with E-state index in [9.17, 15) is 5.11 Å². The van der Waals surface area contributed by atoms with Gasteiger partial charge in [-0.2, -0.15) is 0 Å². The Labute approximate surface area is 125 Å². The van der Waals surface area contributed by atoms with Crippen LogP contribution in [0, 0.1) is 0 Å². The summed E-state index contributed by atoms with van der Waals surface area (Å²) < 4.78 is 10.7. The molecular formula is C17H21NO3. The molecule has 0 spiro atoms. The number of hydrogen-bond donors (Lipinski definition) is 2. The molecule has 3 N–H and O–H groups in total. The maximum absolute atomic E-state index is 9.57. The minimum Gasteiger partial charge on any atom is -0.508 e. The molecule has 21 heavy (non-hydrogen) atoms. The van der Waals surface area contributed by atoms with Gasteiger partial charge in [-0.15, -0.1) is 0 Å². The minimum atomic E-state index is 0.118. The van der Waals surface area contributed by atoms with Crippen molar-refractivity contribution in [2.45, 2.75) is 12.3 Å². The fourth-order valence-electron chi connectivity index (χ4n) is 2.44. The van der Waals surface area contributed by atoms with Crippen molar-refractivity contribution in [2.75, 3.05) is 20.8 Å². The Morgan fingerprint density at radius 3 is 2.52 bits per heavy atom. The van der Waals surface area contributed by atoms with Crippen molar-refractivity contribution in [2.24, 2.45) is 5.73 Å². The first kappa shape index (κ1) is 15.2. The lowest BCUT2D eigenvalue weighted by atomic mass is 9.91. The second-order valence-corrected chi connectivity index (χ2v) is 4.91. The molecule has 0 fully saturated rings. The van der Waals surface area contributed by atoms with Gasteiger partial charge in [0.05, 0.1) is 14.2 Å². The first-order valence-electron chi connectivity index (χ1n) is 6.87. The maximum atomic E-state index is 9.57. The molecule has 0 aliphatic carbocycles. The zero-order chi connectivity index (χ0) is 15.2. The van der Waals surface area contributed by atoms with Gasteiger partial charge in [0.15, 0.2) is 0 Å². The molecule has 4 heteroatoms. The molecule has 112 valence electrons. The van der Waals surface area contributed by atoms with Gasteiger partial charge in [-0.1, -0.05) is 18.2 Å². The van der Waals surface area contributed by atoms with E-state index in [0.29, 0.717) is 6.54 Å². The molecule has 0 aliphatic heterocycles. The second-order valence-electron chi connectivity index (χ2n) is 4.91. The standard InChI is InChI=1S/C17H21NO3/c1-20-15-6-7-16(17(10-15)21-2)13(11-18)8-12-4-3-5-14(19)9-12/h3-7,9-10,13,19H,8,11,18H2,1-2H3. The first-order chi connectivity index (χ1) is 10.2. The second kappa shape index (κ2) is 6.99. The lowest BCUT2D eigenvalue weighted by molar-refractivity contribution is 0.388. The molecule has 2 aromatic rings. The van der Waals surface area contributed by atoms with Crippen molar-refractivity contribution in [3.63, 3.8) is 0 Å². The summed E-state index contributed by atoms with van der Waals surface area (Å²) in [7, 11) is 3.27. The van der Waals surface area contributed by atoms with Gasteiger partial charge in [0.2, 0.25) is 0 Å². The molecule has 0 heterocycles. The highest BCUT2D eigenvalue weighted by Gasteiger charge is 2.16. The summed E-state index contributed by atoms with van der Waals surface area (Å²) in [6.45, 7) is 0.498. The largest absolute Gasteiger partial charge is 0.508 e. The normalized spacial score (nSPS) is 12.0. The molecule has 0 radical (unpaired) electrons. The quantitative estimate of drug-likeness (QED) is 0.857. The fourth-order valence-corrected chi connectivity index (χ4v) is 2.44. The topological polar surface area (TPSA) is 64.7 Å². The van der Waals surface area contributed by atoms with Gasteiger partial charge >= 0.3 is 0 Å². The predicted molar refractivity (Wildman–Crippen MR) is 83.2 cm³/mol. The summed E-state index contributed by atoms with van der Waals surface area (Å²) in [5.41, 5.74) is 8.03. The Morgan fingerprint density at radius 1 is 1.10 bits per heavy atom. The Hall–Kier alpha value is -2.20. The molecule has 0 aromatic heterocycles. The van der Waals surface area contributed by atoms with Crippen molar-refractivity contribution in [3.05, 3.63) is 53.6 Å². The van der Waals surface area contributed by atoms with Crippen LogP contribution in [0.4, 0.5) is 0 Å². The molecule has 4 nitrogen and oxygen atoms in total. The molecular weight excluding hydrogens is 266 g/mol. The molecule has 0 saturated heterocycles. The molecule has 2 aromatic carbocycles. The number of nitrogens with two attached hydrogens (primary N) is 1. The molecule has 2 rings (SSSR count). The maximum Gasteiger partial charge on any atom is 0.126 e. The summed E-state index contributed by atoms with van der Waals surface area (Å²) >= 11 is 0. The zero-order valence-electron chi connectivity index (χ0n) is 12.4. The monoisotopic (exact) mass is 287 g/mol. The lowest BCUT2D eigenvalue weighted by Crippen LogP contribution is -2.16. The van der Waals surface area contributed by atoms with E-state index in [1.807, 2.05) is 30.3 Å². The van der Waals surface area contributed by atoms with Gasteiger partial charge < -0.3 is 20.3 Å². The summed E-state index contributed by atoms with van der Waals surface area (Å²) in [6.07, 6.45) is 0.744. The lowest BCUT2D eigenvalue weighted by Gasteiger charge is -2.19. The van der Waals surface area contributed by atoms with Crippen LogP contribution in [0.1, 0.15) is 17.0 Å². The van der Waals surface area contributed by atoms with Crippen molar-refractivity contribution in [3.8, 4) is 17.2 Å². The van der Waals surface area contributed by atoms with Gasteiger partial charge in [0.1, 0.15) is 17.2 Å². The van der Waals surface area contributed by atoms with Crippen LogP contribution in [0.15, 0.2) is 42.5 Å². The number of phenolic OH excluding ortho intramolecular Hbond substituents is 1. The molecule has 0 amide bonds. The molecule has 0 bridgehead atoms. The number of aromatic hydroxyl groups is 1. The van der Waals surface area contributed by atoms with Gasteiger partial charge in [0, 0.05) is 12.0 Å². The van der Waals surface area contributed by atoms with Gasteiger partial charge in [-0.25, -0.2) is 0 Å². The van der Waals surface area contributed by atoms with Crippen molar-refractivity contribution in [1.82, 2.24) is 0 Å². The summed E-state index contributed by atoms with van der Waals surface area (Å²) in [4.78, 5) is 0. The van der Waals surface area contributed by atoms with E-state index >= 15 is 0 Å². The van der Waals surface area contributed by atoms with Gasteiger partial charge in [-0.3, -0.25) is 0 Å². The van der Waals surface area contributed by atoms with Crippen LogP contribution in [0.25, 0.3) is 0 Å². The Balaban J connectivity index is 2.28. The number of benzene rings is 2. The third-order valence-electron chi connectivity index (χ3n) is 3.56. The molecule has 1 unspecified atom stereocenters. The molecule has 0 saturated carbocycles. The summed E-state index contributed by atoms with van der Waals surface area (Å²) in [5.74, 6) is 1.91.